The molecule has 8 nitrogen and oxygen atoms in total. The van der Waals surface area contributed by atoms with Gasteiger partial charge in [-0.25, -0.2) is 0 Å². The summed E-state index contributed by atoms with van der Waals surface area (Å²) in [7, 11) is 0. The Morgan fingerprint density at radius 3 is 2.64 bits per heavy atom. The second-order valence-electron chi connectivity index (χ2n) is 4.58. The van der Waals surface area contributed by atoms with Crippen molar-refractivity contribution in [2.75, 3.05) is 18.5 Å². The van der Waals surface area contributed by atoms with Crippen molar-refractivity contribution in [2.45, 2.75) is 6.92 Å². The predicted octanol–water partition coefficient (Wildman–Crippen LogP) is 1.32. The van der Waals surface area contributed by atoms with Gasteiger partial charge in [0.1, 0.15) is 5.70 Å². The van der Waals surface area contributed by atoms with Crippen LogP contribution in [-0.2, 0) is 9.59 Å². The third-order valence-corrected chi connectivity index (χ3v) is 3.70. The lowest BCUT2D eigenvalue weighted by Crippen LogP contribution is -2.34. The molecule has 0 radical (unpaired) electrons. The zero-order chi connectivity index (χ0) is 16.4. The molecule has 2 rings (SSSR count). The first-order chi connectivity index (χ1) is 10.3. The fraction of sp³-hybridized carbons (Fsp3) is 0.231. The molecule has 0 bridgehead atoms. The molecule has 0 spiro atoms. The summed E-state index contributed by atoms with van der Waals surface area (Å²) >= 11 is 3.21. The summed E-state index contributed by atoms with van der Waals surface area (Å²) in [5, 5.41) is 22.5. The first-order valence-corrected chi connectivity index (χ1v) is 7.04. The number of nitrogens with one attached hydrogen (secondary N) is 1. The van der Waals surface area contributed by atoms with E-state index in [4.69, 9.17) is 5.11 Å². The number of rotatable bonds is 5. The van der Waals surface area contributed by atoms with E-state index in [1.807, 2.05) is 0 Å². The minimum Gasteiger partial charge on any atom is -0.395 e. The number of aryl methyl sites for hydroxylation is 1. The Morgan fingerprint density at radius 2 is 2.09 bits per heavy atom. The molecule has 22 heavy (non-hydrogen) atoms. The van der Waals surface area contributed by atoms with Crippen LogP contribution in [0.2, 0.25) is 0 Å². The number of benzene rings is 1. The van der Waals surface area contributed by atoms with Gasteiger partial charge in [-0.2, -0.15) is 0 Å². The second-order valence-corrected chi connectivity index (χ2v) is 5.43. The van der Waals surface area contributed by atoms with E-state index in [0.717, 1.165) is 11.0 Å². The summed E-state index contributed by atoms with van der Waals surface area (Å²) in [5.74, 6) is -1.07. The average molecular weight is 370 g/mol. The number of nitrogens with zero attached hydrogens (tertiary/aromatic N) is 2. The number of nitro groups is 1. The summed E-state index contributed by atoms with van der Waals surface area (Å²) < 4.78 is 0.404. The van der Waals surface area contributed by atoms with Gasteiger partial charge in [-0.1, -0.05) is 0 Å². The standard InChI is InChI=1S/C13H12BrN3O5/c1-7-4-8(17(21)22)5-9(14)12(7)15-10-6-11(19)16(2-3-18)13(10)20/h4-6,15,18H,2-3H2,1H3. The minimum absolute atomic E-state index is 0.0519. The molecule has 1 aliphatic heterocycles. The van der Waals surface area contributed by atoms with Crippen molar-refractivity contribution < 1.29 is 19.6 Å². The molecule has 0 aromatic heterocycles. The van der Waals surface area contributed by atoms with Gasteiger partial charge < -0.3 is 10.4 Å². The van der Waals surface area contributed by atoms with Crippen LogP contribution in [0.3, 0.4) is 0 Å². The highest BCUT2D eigenvalue weighted by atomic mass is 79.9. The van der Waals surface area contributed by atoms with Crippen LogP contribution in [-0.4, -0.2) is 39.9 Å². The van der Waals surface area contributed by atoms with Crippen LogP contribution in [0.25, 0.3) is 0 Å². The van der Waals surface area contributed by atoms with Gasteiger partial charge in [0.2, 0.25) is 0 Å². The number of nitro benzene ring substituents is 1. The number of amides is 2. The Labute approximate surface area is 133 Å². The van der Waals surface area contributed by atoms with Crippen LogP contribution in [0.4, 0.5) is 11.4 Å². The van der Waals surface area contributed by atoms with Gasteiger partial charge in [0.05, 0.1) is 23.8 Å². The quantitative estimate of drug-likeness (QED) is 0.459. The normalized spacial score (nSPS) is 14.3. The maximum Gasteiger partial charge on any atom is 0.277 e. The van der Waals surface area contributed by atoms with E-state index in [9.17, 15) is 19.7 Å². The highest BCUT2D eigenvalue weighted by Crippen LogP contribution is 2.32. The van der Waals surface area contributed by atoms with Crippen LogP contribution in [0.5, 0.6) is 0 Å². The minimum atomic E-state index is -0.552. The van der Waals surface area contributed by atoms with Crippen LogP contribution in [0, 0.1) is 17.0 Å². The molecule has 2 amide bonds. The van der Waals surface area contributed by atoms with Crippen molar-refractivity contribution >= 4 is 39.1 Å². The Kier molecular flexibility index (Phi) is 4.57. The maximum absolute atomic E-state index is 12.0. The molecule has 0 unspecified atom stereocenters. The van der Waals surface area contributed by atoms with Crippen LogP contribution >= 0.6 is 15.9 Å². The van der Waals surface area contributed by atoms with Crippen molar-refractivity contribution in [2.24, 2.45) is 0 Å². The molecule has 1 heterocycles. The number of anilines is 1. The van der Waals surface area contributed by atoms with Crippen molar-refractivity contribution in [1.82, 2.24) is 4.90 Å². The van der Waals surface area contributed by atoms with Gasteiger partial charge in [0.15, 0.2) is 0 Å². The van der Waals surface area contributed by atoms with Gasteiger partial charge >= 0.3 is 0 Å². The van der Waals surface area contributed by atoms with Crippen molar-refractivity contribution in [1.29, 1.82) is 0 Å². The highest BCUT2D eigenvalue weighted by molar-refractivity contribution is 9.10. The third kappa shape index (κ3) is 3.00. The number of non-ortho nitro benzene ring substituents is 1. The number of carbonyl (C=O) groups is 2. The molecular formula is C13H12BrN3O5. The predicted molar refractivity (Wildman–Crippen MR) is 81.0 cm³/mol. The Morgan fingerprint density at radius 1 is 1.41 bits per heavy atom. The molecular weight excluding hydrogens is 358 g/mol. The number of aliphatic hydroxyl groups excluding tert-OH is 1. The maximum atomic E-state index is 12.0. The molecule has 1 aliphatic rings. The van der Waals surface area contributed by atoms with E-state index < -0.39 is 16.7 Å². The van der Waals surface area contributed by atoms with Crippen molar-refractivity contribution in [3.63, 3.8) is 0 Å². The molecule has 1 aromatic rings. The average Bonchev–Trinajstić information content (AvgIpc) is 2.70. The number of hydrogen-bond acceptors (Lipinski definition) is 6. The lowest BCUT2D eigenvalue weighted by Gasteiger charge is -2.15. The number of aliphatic hydroxyl groups is 1. The third-order valence-electron chi connectivity index (χ3n) is 3.08. The number of hydrogen-bond donors (Lipinski definition) is 2. The van der Waals surface area contributed by atoms with Crippen LogP contribution < -0.4 is 5.32 Å². The second kappa shape index (κ2) is 6.24. The van der Waals surface area contributed by atoms with Gasteiger partial charge in [-0.05, 0) is 28.4 Å². The van der Waals surface area contributed by atoms with Crippen molar-refractivity contribution in [3.8, 4) is 0 Å². The van der Waals surface area contributed by atoms with E-state index >= 15 is 0 Å². The largest absolute Gasteiger partial charge is 0.395 e. The number of halogens is 1. The number of imide groups is 1. The van der Waals surface area contributed by atoms with E-state index in [2.05, 4.69) is 21.2 Å². The first kappa shape index (κ1) is 16.1. The molecule has 116 valence electrons. The monoisotopic (exact) mass is 369 g/mol. The lowest BCUT2D eigenvalue weighted by atomic mass is 10.1. The van der Waals surface area contributed by atoms with E-state index in [0.29, 0.717) is 15.7 Å². The number of β-amino-alcohol motifs (C(OH)–C–C–N with tert-alkyl or cyclic N) is 1. The Bertz CT molecular complexity index is 678. The Hall–Kier alpha value is -2.26. The van der Waals surface area contributed by atoms with Crippen molar-refractivity contribution in [3.05, 3.63) is 44.1 Å². The zero-order valence-corrected chi connectivity index (χ0v) is 13.1. The molecule has 0 atom stereocenters. The van der Waals surface area contributed by atoms with E-state index in [1.54, 1.807) is 6.92 Å². The highest BCUT2D eigenvalue weighted by Gasteiger charge is 2.31. The molecule has 1 aromatic carbocycles. The van der Waals surface area contributed by atoms with Gasteiger partial charge in [0, 0.05) is 22.7 Å². The first-order valence-electron chi connectivity index (χ1n) is 6.25. The molecule has 0 saturated heterocycles. The summed E-state index contributed by atoms with van der Waals surface area (Å²) in [6, 6.07) is 2.67. The molecule has 0 aliphatic carbocycles. The van der Waals surface area contributed by atoms with E-state index in [-0.39, 0.29) is 24.5 Å². The topological polar surface area (TPSA) is 113 Å². The van der Waals surface area contributed by atoms with Crippen LogP contribution in [0.15, 0.2) is 28.4 Å². The molecule has 0 fully saturated rings. The SMILES string of the molecule is Cc1cc([N+](=O)[O-])cc(Br)c1NC1=CC(=O)N(CCO)C1=O. The van der Waals surface area contributed by atoms with E-state index in [1.165, 1.54) is 12.1 Å². The Balaban J connectivity index is 2.29. The molecule has 2 N–H and O–H groups in total. The summed E-state index contributed by atoms with van der Waals surface area (Å²) in [4.78, 5) is 34.9. The molecule has 0 saturated carbocycles. The summed E-state index contributed by atoms with van der Waals surface area (Å²) in [6.07, 6.45) is 1.13. The number of carbonyl (C=O) groups excluding carboxylic acids is 2. The molecule has 9 heteroatoms. The summed E-state index contributed by atoms with van der Waals surface area (Å²) in [5.41, 5.74) is 0.974. The van der Waals surface area contributed by atoms with Gasteiger partial charge in [0.25, 0.3) is 17.5 Å². The smallest absolute Gasteiger partial charge is 0.277 e. The fourth-order valence-corrected chi connectivity index (χ4v) is 2.68. The lowest BCUT2D eigenvalue weighted by molar-refractivity contribution is -0.385. The zero-order valence-electron chi connectivity index (χ0n) is 11.5. The summed E-state index contributed by atoms with van der Waals surface area (Å²) in [6.45, 7) is 1.24. The fourth-order valence-electron chi connectivity index (χ4n) is 2.03. The van der Waals surface area contributed by atoms with Gasteiger partial charge in [-0.15, -0.1) is 0 Å². The van der Waals surface area contributed by atoms with Crippen LogP contribution in [0.1, 0.15) is 5.56 Å². The van der Waals surface area contributed by atoms with Gasteiger partial charge in [-0.3, -0.25) is 24.6 Å².